The Bertz CT molecular complexity index is 831. The summed E-state index contributed by atoms with van der Waals surface area (Å²) >= 11 is 1.61. The van der Waals surface area contributed by atoms with Crippen molar-refractivity contribution in [2.24, 2.45) is 0 Å². The van der Waals surface area contributed by atoms with E-state index in [9.17, 15) is 0 Å². The van der Waals surface area contributed by atoms with Crippen molar-refractivity contribution >= 4 is 22.8 Å². The van der Waals surface area contributed by atoms with Gasteiger partial charge in [0.2, 0.25) is 0 Å². The van der Waals surface area contributed by atoms with Crippen molar-refractivity contribution in [3.8, 4) is 11.1 Å². The lowest BCUT2D eigenvalue weighted by Gasteiger charge is -2.21. The molecule has 0 saturated heterocycles. The highest BCUT2D eigenvalue weighted by molar-refractivity contribution is 7.98. The number of aromatic nitrogens is 2. The van der Waals surface area contributed by atoms with Gasteiger partial charge >= 0.3 is 0 Å². The van der Waals surface area contributed by atoms with Crippen LogP contribution in [0.2, 0.25) is 0 Å². The van der Waals surface area contributed by atoms with Gasteiger partial charge in [-0.25, -0.2) is 9.37 Å². The molecule has 1 aromatic heterocycles. The Labute approximate surface area is 134 Å². The topological polar surface area (TPSA) is 28.7 Å². The number of nitrogens with one attached hydrogen (secondary N) is 1. The van der Waals surface area contributed by atoms with Crippen molar-refractivity contribution in [2.45, 2.75) is 31.1 Å². The number of benzene rings is 2. The Balaban J connectivity index is 2.35. The van der Waals surface area contributed by atoms with Crippen LogP contribution in [0.15, 0.2) is 41.6 Å². The zero-order valence-corrected chi connectivity index (χ0v) is 14.0. The minimum Gasteiger partial charge on any atom is -0.345 e. The van der Waals surface area contributed by atoms with Gasteiger partial charge in [0, 0.05) is 16.0 Å². The zero-order valence-electron chi connectivity index (χ0n) is 13.2. The van der Waals surface area contributed by atoms with Crippen molar-refractivity contribution in [3.05, 3.63) is 48.0 Å². The van der Waals surface area contributed by atoms with Gasteiger partial charge in [0.25, 0.3) is 0 Å². The number of hydrogen-bond donors (Lipinski definition) is 1. The Hall–Kier alpha value is -1.81. The van der Waals surface area contributed by atoms with Crippen molar-refractivity contribution < 1.29 is 4.39 Å². The van der Waals surface area contributed by atoms with Crippen LogP contribution in [-0.2, 0) is 5.41 Å². The van der Waals surface area contributed by atoms with Gasteiger partial charge in [-0.1, -0.05) is 39.0 Å². The summed E-state index contributed by atoms with van der Waals surface area (Å²) < 4.78 is 15.2. The second-order valence-corrected chi connectivity index (χ2v) is 7.21. The van der Waals surface area contributed by atoms with E-state index < -0.39 is 0 Å². The minimum atomic E-state index is -0.237. The van der Waals surface area contributed by atoms with E-state index in [1.54, 1.807) is 18.1 Å². The molecule has 0 atom stereocenters. The highest BCUT2D eigenvalue weighted by Gasteiger charge is 2.23. The summed E-state index contributed by atoms with van der Waals surface area (Å²) in [4.78, 5) is 8.54. The molecular weight excluding hydrogens is 295 g/mol. The molecule has 0 aliphatic rings. The van der Waals surface area contributed by atoms with Crippen LogP contribution in [-0.4, -0.2) is 16.2 Å². The number of nitrogens with zero attached hydrogens (tertiary/aromatic N) is 1. The largest absolute Gasteiger partial charge is 0.345 e. The van der Waals surface area contributed by atoms with Crippen molar-refractivity contribution in [3.63, 3.8) is 0 Å². The van der Waals surface area contributed by atoms with Crippen molar-refractivity contribution in [1.29, 1.82) is 0 Å². The molecule has 0 aliphatic heterocycles. The standard InChI is InChI=1S/C18H19FN2S/c1-18(2,3)12-7-5-6-11(16(12)19)15-14(22-4)9-8-13-17(15)21-10-20-13/h5-10H,1-4H3,(H,20,21). The average molecular weight is 314 g/mol. The molecule has 2 nitrogen and oxygen atoms in total. The van der Waals surface area contributed by atoms with Gasteiger partial charge < -0.3 is 4.98 Å². The third-order valence-electron chi connectivity index (χ3n) is 3.85. The minimum absolute atomic E-state index is 0.152. The summed E-state index contributed by atoms with van der Waals surface area (Å²) in [6.07, 6.45) is 3.66. The van der Waals surface area contributed by atoms with Gasteiger partial charge in [0.1, 0.15) is 5.82 Å². The van der Waals surface area contributed by atoms with Crippen LogP contribution in [0.25, 0.3) is 22.2 Å². The molecule has 2 aromatic carbocycles. The molecule has 3 rings (SSSR count). The van der Waals surface area contributed by atoms with Gasteiger partial charge in [-0.05, 0) is 29.4 Å². The third-order valence-corrected chi connectivity index (χ3v) is 4.63. The SMILES string of the molecule is CSc1ccc2[nH]cnc2c1-c1cccc(C(C)(C)C)c1F. The lowest BCUT2D eigenvalue weighted by atomic mass is 9.84. The third kappa shape index (κ3) is 2.41. The highest BCUT2D eigenvalue weighted by atomic mass is 32.2. The maximum absolute atomic E-state index is 15.2. The summed E-state index contributed by atoms with van der Waals surface area (Å²) in [5.41, 5.74) is 3.72. The van der Waals surface area contributed by atoms with Crippen LogP contribution in [0.3, 0.4) is 0 Å². The molecular formula is C18H19FN2S. The number of halogens is 1. The number of aromatic amines is 1. The summed E-state index contributed by atoms with van der Waals surface area (Å²) in [5.74, 6) is -0.152. The van der Waals surface area contributed by atoms with Crippen LogP contribution >= 0.6 is 11.8 Å². The van der Waals surface area contributed by atoms with Gasteiger partial charge in [-0.2, -0.15) is 0 Å². The molecule has 1 N–H and O–H groups in total. The van der Waals surface area contributed by atoms with Gasteiger partial charge in [0.15, 0.2) is 0 Å². The summed E-state index contributed by atoms with van der Waals surface area (Å²) in [5, 5.41) is 0. The molecule has 0 bridgehead atoms. The number of rotatable bonds is 2. The smallest absolute Gasteiger partial charge is 0.134 e. The lowest BCUT2D eigenvalue weighted by Crippen LogP contribution is -2.14. The molecule has 3 aromatic rings. The normalized spacial score (nSPS) is 12.0. The molecule has 114 valence electrons. The first kappa shape index (κ1) is 15.1. The van der Waals surface area contributed by atoms with Crippen LogP contribution in [0.4, 0.5) is 4.39 Å². The maximum atomic E-state index is 15.2. The molecule has 0 unspecified atom stereocenters. The van der Waals surface area contributed by atoms with Gasteiger partial charge in [-0.15, -0.1) is 11.8 Å². The number of thioether (sulfide) groups is 1. The molecule has 0 amide bonds. The van der Waals surface area contributed by atoms with Crippen LogP contribution in [0.1, 0.15) is 26.3 Å². The van der Waals surface area contributed by atoms with Crippen LogP contribution in [0, 0.1) is 5.82 Å². The van der Waals surface area contributed by atoms with Gasteiger partial charge in [-0.3, -0.25) is 0 Å². The van der Waals surface area contributed by atoms with E-state index in [2.05, 4.69) is 9.97 Å². The number of hydrogen-bond acceptors (Lipinski definition) is 2. The fourth-order valence-corrected chi connectivity index (χ4v) is 3.34. The monoisotopic (exact) mass is 314 g/mol. The van der Waals surface area contributed by atoms with Crippen molar-refractivity contribution in [2.75, 3.05) is 6.26 Å². The second kappa shape index (κ2) is 5.43. The first-order valence-corrected chi connectivity index (χ1v) is 8.45. The second-order valence-electron chi connectivity index (χ2n) is 6.36. The number of H-pyrrole nitrogens is 1. The molecule has 1 heterocycles. The van der Waals surface area contributed by atoms with E-state index in [4.69, 9.17) is 0 Å². The fourth-order valence-electron chi connectivity index (χ4n) is 2.72. The molecule has 0 fully saturated rings. The lowest BCUT2D eigenvalue weighted by molar-refractivity contribution is 0.525. The quantitative estimate of drug-likeness (QED) is 0.643. The Kier molecular flexibility index (Phi) is 3.73. The predicted molar refractivity (Wildman–Crippen MR) is 92.0 cm³/mol. The molecule has 4 heteroatoms. The summed E-state index contributed by atoms with van der Waals surface area (Å²) in [6.45, 7) is 6.08. The predicted octanol–water partition coefficient (Wildman–Crippen LogP) is 5.39. The van der Waals surface area contributed by atoms with E-state index in [1.807, 2.05) is 57.4 Å². The maximum Gasteiger partial charge on any atom is 0.134 e. The molecule has 22 heavy (non-hydrogen) atoms. The molecule has 0 spiro atoms. The fraction of sp³-hybridized carbons (Fsp3) is 0.278. The molecule has 0 radical (unpaired) electrons. The van der Waals surface area contributed by atoms with E-state index in [0.29, 0.717) is 5.56 Å². The Morgan fingerprint density at radius 2 is 1.91 bits per heavy atom. The van der Waals surface area contributed by atoms with E-state index >= 15 is 4.39 Å². The highest BCUT2D eigenvalue weighted by Crippen LogP contribution is 2.39. The van der Waals surface area contributed by atoms with E-state index in [1.165, 1.54) is 0 Å². The first-order valence-electron chi connectivity index (χ1n) is 7.23. The van der Waals surface area contributed by atoms with Crippen LogP contribution in [0.5, 0.6) is 0 Å². The Morgan fingerprint density at radius 1 is 1.14 bits per heavy atom. The summed E-state index contributed by atoms with van der Waals surface area (Å²) in [6, 6.07) is 9.64. The number of fused-ring (bicyclic) bond motifs is 1. The van der Waals surface area contributed by atoms with Gasteiger partial charge in [0.05, 0.1) is 17.4 Å². The Morgan fingerprint density at radius 3 is 2.59 bits per heavy atom. The van der Waals surface area contributed by atoms with E-state index in [0.717, 1.165) is 27.1 Å². The van der Waals surface area contributed by atoms with Crippen molar-refractivity contribution in [1.82, 2.24) is 9.97 Å². The molecule has 0 aliphatic carbocycles. The summed E-state index contributed by atoms with van der Waals surface area (Å²) in [7, 11) is 0. The van der Waals surface area contributed by atoms with Crippen LogP contribution < -0.4 is 0 Å². The molecule has 0 saturated carbocycles. The average Bonchev–Trinajstić information content (AvgIpc) is 2.94. The first-order chi connectivity index (χ1) is 10.4. The van der Waals surface area contributed by atoms with E-state index in [-0.39, 0.29) is 11.2 Å². The zero-order chi connectivity index (χ0) is 15.9. The number of imidazole rings is 1.